The number of nitrogens with zero attached hydrogens (tertiary/aromatic N) is 1. The summed E-state index contributed by atoms with van der Waals surface area (Å²) in [5.74, 6) is -2.51. The number of H-pyrrole nitrogens is 1. The van der Waals surface area contributed by atoms with Crippen molar-refractivity contribution in [1.82, 2.24) is 9.97 Å². The minimum atomic E-state index is -1.03. The predicted octanol–water partition coefficient (Wildman–Crippen LogP) is 4.45. The first-order valence-corrected chi connectivity index (χ1v) is 8.03. The number of hydrogen-bond acceptors (Lipinski definition) is 4. The molecule has 0 aliphatic heterocycles. The average molecular weight is 365 g/mol. The van der Waals surface area contributed by atoms with Crippen LogP contribution in [0.5, 0.6) is 11.5 Å². The number of pyridine rings is 1. The Balaban J connectivity index is 1.74. The van der Waals surface area contributed by atoms with Crippen LogP contribution in [0, 0.1) is 11.6 Å². The molecular weight excluding hydrogens is 352 g/mol. The number of anilines is 1. The zero-order chi connectivity index (χ0) is 19.0. The first kappa shape index (κ1) is 16.7. The van der Waals surface area contributed by atoms with Crippen LogP contribution in [0.2, 0.25) is 0 Å². The Morgan fingerprint density at radius 3 is 2.44 bits per heavy atom. The first-order chi connectivity index (χ1) is 13.0. The van der Waals surface area contributed by atoms with Crippen molar-refractivity contribution in [2.24, 2.45) is 0 Å². The molecule has 0 fully saturated rings. The minimum Gasteiger partial charge on any atom is -0.457 e. The summed E-state index contributed by atoms with van der Waals surface area (Å²) in [4.78, 5) is 19.6. The Kier molecular flexibility index (Phi) is 4.04. The molecule has 0 atom stereocenters. The van der Waals surface area contributed by atoms with Gasteiger partial charge in [0.15, 0.2) is 0 Å². The van der Waals surface area contributed by atoms with Crippen LogP contribution in [0.15, 0.2) is 60.9 Å². The van der Waals surface area contributed by atoms with Crippen LogP contribution >= 0.6 is 0 Å². The van der Waals surface area contributed by atoms with Gasteiger partial charge in [-0.05, 0) is 18.2 Å². The summed E-state index contributed by atoms with van der Waals surface area (Å²) >= 11 is 0. The van der Waals surface area contributed by atoms with E-state index in [1.54, 1.807) is 30.3 Å². The second-order valence-electron chi connectivity index (χ2n) is 5.83. The topological polar surface area (TPSA) is 81.0 Å². The van der Waals surface area contributed by atoms with Crippen molar-refractivity contribution in [2.45, 2.75) is 0 Å². The first-order valence-electron chi connectivity index (χ1n) is 8.03. The molecule has 4 aromatic rings. The van der Waals surface area contributed by atoms with Crippen molar-refractivity contribution in [2.75, 3.05) is 5.73 Å². The molecule has 0 spiro atoms. The number of carbonyl (C=O) groups is 1. The van der Waals surface area contributed by atoms with Crippen molar-refractivity contribution in [3.05, 3.63) is 83.7 Å². The number of nitrogen functional groups attached to an aromatic ring is 1. The molecule has 2 aromatic heterocycles. The summed E-state index contributed by atoms with van der Waals surface area (Å²) in [5.41, 5.74) is 5.90. The molecule has 0 bridgehead atoms. The smallest absolute Gasteiger partial charge is 0.201 e. The number of halogens is 2. The highest BCUT2D eigenvalue weighted by molar-refractivity contribution is 6.18. The van der Waals surface area contributed by atoms with E-state index in [2.05, 4.69) is 9.97 Å². The molecule has 2 aromatic carbocycles. The zero-order valence-electron chi connectivity index (χ0n) is 13.9. The molecule has 0 aliphatic carbocycles. The molecule has 0 aliphatic rings. The van der Waals surface area contributed by atoms with Crippen molar-refractivity contribution >= 4 is 22.5 Å². The van der Waals surface area contributed by atoms with Crippen LogP contribution in [-0.4, -0.2) is 15.8 Å². The van der Waals surface area contributed by atoms with Gasteiger partial charge in [-0.15, -0.1) is 0 Å². The van der Waals surface area contributed by atoms with Crippen LogP contribution in [0.4, 0.5) is 14.5 Å². The molecule has 5 nitrogen and oxygen atoms in total. The molecule has 0 radical (unpaired) electrons. The Labute approximate surface area is 152 Å². The van der Waals surface area contributed by atoms with Crippen molar-refractivity contribution in [3.63, 3.8) is 0 Å². The van der Waals surface area contributed by atoms with Gasteiger partial charge in [-0.1, -0.05) is 18.2 Å². The Morgan fingerprint density at radius 2 is 1.74 bits per heavy atom. The van der Waals surface area contributed by atoms with Gasteiger partial charge >= 0.3 is 0 Å². The van der Waals surface area contributed by atoms with E-state index in [9.17, 15) is 13.6 Å². The lowest BCUT2D eigenvalue weighted by Gasteiger charge is -2.09. The molecule has 0 saturated carbocycles. The summed E-state index contributed by atoms with van der Waals surface area (Å²) in [6, 6.07) is 12.0. The highest BCUT2D eigenvalue weighted by Gasteiger charge is 2.24. The molecular formula is C20H13F2N3O2. The molecule has 134 valence electrons. The van der Waals surface area contributed by atoms with E-state index < -0.39 is 23.0 Å². The highest BCUT2D eigenvalue weighted by Crippen LogP contribution is 2.30. The number of fused-ring (bicyclic) bond motifs is 1. The third kappa shape index (κ3) is 2.99. The lowest BCUT2D eigenvalue weighted by molar-refractivity contribution is 0.103. The summed E-state index contributed by atoms with van der Waals surface area (Å²) in [6.07, 6.45) is 2.81. The van der Waals surface area contributed by atoms with Crippen molar-refractivity contribution < 1.29 is 18.3 Å². The molecule has 0 saturated heterocycles. The largest absolute Gasteiger partial charge is 0.457 e. The van der Waals surface area contributed by atoms with Gasteiger partial charge in [-0.2, -0.15) is 0 Å². The molecule has 0 unspecified atom stereocenters. The molecule has 3 N–H and O–H groups in total. The van der Waals surface area contributed by atoms with Gasteiger partial charge in [0.1, 0.15) is 28.8 Å². The summed E-state index contributed by atoms with van der Waals surface area (Å²) in [5, 5.41) is 0.325. The van der Waals surface area contributed by atoms with Gasteiger partial charge < -0.3 is 15.5 Å². The van der Waals surface area contributed by atoms with Crippen LogP contribution in [-0.2, 0) is 0 Å². The maximum absolute atomic E-state index is 14.6. The summed E-state index contributed by atoms with van der Waals surface area (Å²) in [7, 11) is 0. The number of ether oxygens (including phenoxy) is 1. The number of benzene rings is 2. The number of aromatic nitrogens is 2. The lowest BCUT2D eigenvalue weighted by atomic mass is 10.0. The standard InChI is InChI=1S/C20H13F2N3O2/c21-14-8-12(27-11-4-2-1-3-5-11)9-15(22)18(14)19(26)13-10-25-20-17(13)16(23)6-7-24-20/h1-10H,(H3,23,24,25). The number of nitrogens with one attached hydrogen (secondary N) is 1. The number of carbonyl (C=O) groups excluding carboxylic acids is 1. The SMILES string of the molecule is Nc1ccnc2[nH]cc(C(=O)c3c(F)cc(Oc4ccccc4)cc3F)c12. The lowest BCUT2D eigenvalue weighted by Crippen LogP contribution is -2.08. The number of hydrogen-bond donors (Lipinski definition) is 2. The van der Waals surface area contributed by atoms with E-state index in [4.69, 9.17) is 10.5 Å². The van der Waals surface area contributed by atoms with Crippen molar-refractivity contribution in [1.29, 1.82) is 0 Å². The van der Waals surface area contributed by atoms with E-state index in [0.29, 0.717) is 16.8 Å². The Hall–Kier alpha value is -3.74. The van der Waals surface area contributed by atoms with Gasteiger partial charge in [-0.25, -0.2) is 13.8 Å². The molecule has 7 heteroatoms. The van der Waals surface area contributed by atoms with Gasteiger partial charge in [-0.3, -0.25) is 4.79 Å². The van der Waals surface area contributed by atoms with E-state index in [1.807, 2.05) is 0 Å². The normalized spacial score (nSPS) is 10.9. The fraction of sp³-hybridized carbons (Fsp3) is 0. The minimum absolute atomic E-state index is 0.0464. The monoisotopic (exact) mass is 365 g/mol. The highest BCUT2D eigenvalue weighted by atomic mass is 19.1. The maximum atomic E-state index is 14.6. The van der Waals surface area contributed by atoms with Crippen LogP contribution in [0.1, 0.15) is 15.9 Å². The number of rotatable bonds is 4. The van der Waals surface area contributed by atoms with Crippen LogP contribution < -0.4 is 10.5 Å². The molecule has 27 heavy (non-hydrogen) atoms. The fourth-order valence-electron chi connectivity index (χ4n) is 2.85. The maximum Gasteiger partial charge on any atom is 0.201 e. The van der Waals surface area contributed by atoms with Crippen molar-refractivity contribution in [3.8, 4) is 11.5 Å². The van der Waals surface area contributed by atoms with Crippen LogP contribution in [0.3, 0.4) is 0 Å². The van der Waals surface area contributed by atoms with E-state index in [1.165, 1.54) is 18.5 Å². The molecule has 0 amide bonds. The third-order valence-corrected chi connectivity index (χ3v) is 4.07. The summed E-state index contributed by atoms with van der Waals surface area (Å²) < 4.78 is 34.5. The zero-order valence-corrected chi connectivity index (χ0v) is 13.9. The Bertz CT molecular complexity index is 1130. The molecule has 4 rings (SSSR count). The van der Waals surface area contributed by atoms with Gasteiger partial charge in [0.2, 0.25) is 5.78 Å². The van der Waals surface area contributed by atoms with Gasteiger partial charge in [0.25, 0.3) is 0 Å². The quantitative estimate of drug-likeness (QED) is 0.524. The number of para-hydroxylation sites is 1. The summed E-state index contributed by atoms with van der Waals surface area (Å²) in [6.45, 7) is 0. The van der Waals surface area contributed by atoms with Crippen LogP contribution in [0.25, 0.3) is 11.0 Å². The predicted molar refractivity (Wildman–Crippen MR) is 96.8 cm³/mol. The van der Waals surface area contributed by atoms with E-state index in [0.717, 1.165) is 12.1 Å². The second kappa shape index (κ2) is 6.53. The Morgan fingerprint density at radius 1 is 1.04 bits per heavy atom. The average Bonchev–Trinajstić information content (AvgIpc) is 3.07. The fourth-order valence-corrected chi connectivity index (χ4v) is 2.85. The number of aromatic amines is 1. The van der Waals surface area contributed by atoms with Gasteiger partial charge in [0.05, 0.1) is 16.5 Å². The molecule has 2 heterocycles. The van der Waals surface area contributed by atoms with E-state index >= 15 is 0 Å². The number of ketones is 1. The number of nitrogens with two attached hydrogens (primary N) is 1. The second-order valence-corrected chi connectivity index (χ2v) is 5.83. The third-order valence-electron chi connectivity index (χ3n) is 4.07. The van der Waals surface area contributed by atoms with Gasteiger partial charge in [0, 0.05) is 30.2 Å². The van der Waals surface area contributed by atoms with E-state index in [-0.39, 0.29) is 17.0 Å².